The molecule has 10 heteroatoms. The van der Waals surface area contributed by atoms with Crippen LogP contribution in [0.2, 0.25) is 10.0 Å². The Kier molecular flexibility index (Phi) is 6.57. The number of methoxy groups -OCH3 is 3. The van der Waals surface area contributed by atoms with E-state index in [1.807, 2.05) is 0 Å². The molecule has 0 unspecified atom stereocenters. The molecular formula is C16H16Cl2N2O5S. The molecule has 0 aromatic heterocycles. The smallest absolute Gasteiger partial charge is 0.276 e. The van der Waals surface area contributed by atoms with Crippen LogP contribution in [0.4, 0.5) is 0 Å². The third-order valence-corrected chi connectivity index (χ3v) is 5.23. The van der Waals surface area contributed by atoms with E-state index >= 15 is 0 Å². The van der Waals surface area contributed by atoms with E-state index in [-0.39, 0.29) is 14.9 Å². The van der Waals surface area contributed by atoms with E-state index in [1.165, 1.54) is 45.7 Å². The Morgan fingerprint density at radius 3 is 2.08 bits per heavy atom. The fourth-order valence-electron chi connectivity index (χ4n) is 2.04. The number of hydrogen-bond acceptors (Lipinski definition) is 6. The summed E-state index contributed by atoms with van der Waals surface area (Å²) in [5.41, 5.74) is 0.538. The molecule has 0 radical (unpaired) electrons. The Bertz CT molecular complexity index is 907. The molecule has 0 aliphatic heterocycles. The second kappa shape index (κ2) is 8.48. The lowest BCUT2D eigenvalue weighted by atomic mass is 10.2. The van der Waals surface area contributed by atoms with Gasteiger partial charge in [0.2, 0.25) is 5.75 Å². The summed E-state index contributed by atoms with van der Waals surface area (Å²) in [5, 5.41) is 4.14. The zero-order chi connectivity index (χ0) is 19.3. The fourth-order valence-corrected chi connectivity index (χ4v) is 3.22. The highest BCUT2D eigenvalue weighted by molar-refractivity contribution is 7.89. The first-order valence-corrected chi connectivity index (χ1v) is 9.36. The van der Waals surface area contributed by atoms with Gasteiger partial charge in [-0.25, -0.2) is 4.83 Å². The first-order chi connectivity index (χ1) is 12.3. The van der Waals surface area contributed by atoms with Gasteiger partial charge in [-0.3, -0.25) is 0 Å². The minimum absolute atomic E-state index is 0.0612. The number of hydrazone groups is 1. The van der Waals surface area contributed by atoms with Crippen molar-refractivity contribution in [2.24, 2.45) is 5.10 Å². The van der Waals surface area contributed by atoms with Crippen LogP contribution in [-0.4, -0.2) is 36.0 Å². The molecule has 0 fully saturated rings. The van der Waals surface area contributed by atoms with Gasteiger partial charge in [-0.1, -0.05) is 23.2 Å². The van der Waals surface area contributed by atoms with Gasteiger partial charge in [0.25, 0.3) is 10.0 Å². The summed E-state index contributed by atoms with van der Waals surface area (Å²) >= 11 is 11.6. The van der Waals surface area contributed by atoms with Crippen molar-refractivity contribution in [3.05, 3.63) is 45.9 Å². The molecule has 0 spiro atoms. The normalized spacial score (nSPS) is 11.4. The quantitative estimate of drug-likeness (QED) is 0.550. The molecule has 140 valence electrons. The number of benzene rings is 2. The van der Waals surface area contributed by atoms with Gasteiger partial charge in [-0.2, -0.15) is 13.5 Å². The lowest BCUT2D eigenvalue weighted by molar-refractivity contribution is 0.324. The van der Waals surface area contributed by atoms with Crippen molar-refractivity contribution < 1.29 is 22.6 Å². The molecule has 0 saturated heterocycles. The summed E-state index contributed by atoms with van der Waals surface area (Å²) < 4.78 is 40.2. The number of hydrogen-bond donors (Lipinski definition) is 1. The molecule has 0 saturated carbocycles. The maximum absolute atomic E-state index is 12.2. The monoisotopic (exact) mass is 418 g/mol. The predicted octanol–water partition coefficient (Wildman–Crippen LogP) is 3.33. The molecule has 0 amide bonds. The van der Waals surface area contributed by atoms with Crippen LogP contribution in [0.3, 0.4) is 0 Å². The van der Waals surface area contributed by atoms with Gasteiger partial charge in [-0.05, 0) is 30.3 Å². The molecule has 0 bridgehead atoms. The van der Waals surface area contributed by atoms with Gasteiger partial charge < -0.3 is 14.2 Å². The van der Waals surface area contributed by atoms with E-state index in [0.29, 0.717) is 22.8 Å². The number of nitrogens with zero attached hydrogens (tertiary/aromatic N) is 1. The van der Waals surface area contributed by atoms with Crippen molar-refractivity contribution in [1.82, 2.24) is 4.83 Å². The van der Waals surface area contributed by atoms with E-state index < -0.39 is 10.0 Å². The van der Waals surface area contributed by atoms with Gasteiger partial charge in [0.05, 0.1) is 42.5 Å². The van der Waals surface area contributed by atoms with Crippen LogP contribution in [0.25, 0.3) is 0 Å². The molecule has 0 aliphatic rings. The molecule has 0 atom stereocenters. The van der Waals surface area contributed by atoms with Crippen molar-refractivity contribution in [1.29, 1.82) is 0 Å². The zero-order valence-electron chi connectivity index (χ0n) is 14.1. The summed E-state index contributed by atoms with van der Waals surface area (Å²) in [5.74, 6) is 1.25. The average molecular weight is 419 g/mol. The van der Waals surface area contributed by atoms with E-state index in [0.717, 1.165) is 0 Å². The SMILES string of the molecule is COc1cc(/C=N/NS(=O)(=O)c2ccc(Cl)c(Cl)c2)cc(OC)c1OC. The number of ether oxygens (including phenoxy) is 3. The van der Waals surface area contributed by atoms with Crippen molar-refractivity contribution in [2.75, 3.05) is 21.3 Å². The minimum Gasteiger partial charge on any atom is -0.493 e. The molecule has 26 heavy (non-hydrogen) atoms. The first kappa shape index (κ1) is 20.2. The maximum Gasteiger partial charge on any atom is 0.276 e. The Hall–Kier alpha value is -2.16. The topological polar surface area (TPSA) is 86.2 Å². The van der Waals surface area contributed by atoms with E-state index in [1.54, 1.807) is 12.1 Å². The minimum atomic E-state index is -3.89. The standard InChI is InChI=1S/C16H16Cl2N2O5S/c1-23-14-6-10(7-15(24-2)16(14)25-3)9-19-20-26(21,22)11-4-5-12(17)13(18)8-11/h4-9,20H,1-3H3/b19-9+. The number of halogens is 2. The lowest BCUT2D eigenvalue weighted by Gasteiger charge is -2.12. The average Bonchev–Trinajstić information content (AvgIpc) is 2.62. The Morgan fingerprint density at radius 2 is 1.58 bits per heavy atom. The highest BCUT2D eigenvalue weighted by Gasteiger charge is 2.15. The zero-order valence-corrected chi connectivity index (χ0v) is 16.4. The van der Waals surface area contributed by atoms with E-state index in [4.69, 9.17) is 37.4 Å². The summed E-state index contributed by atoms with van der Waals surface area (Å²) in [7, 11) is 0.548. The molecule has 0 heterocycles. The predicted molar refractivity (Wildman–Crippen MR) is 100 cm³/mol. The van der Waals surface area contributed by atoms with Crippen molar-refractivity contribution in [2.45, 2.75) is 4.90 Å². The van der Waals surface area contributed by atoms with Crippen LogP contribution < -0.4 is 19.0 Å². The van der Waals surface area contributed by atoms with Gasteiger partial charge in [0.15, 0.2) is 11.5 Å². The summed E-state index contributed by atoms with van der Waals surface area (Å²) in [4.78, 5) is 2.04. The van der Waals surface area contributed by atoms with Gasteiger partial charge in [-0.15, -0.1) is 0 Å². The molecule has 2 aromatic carbocycles. The summed E-state index contributed by atoms with van der Waals surface area (Å²) in [6, 6.07) is 7.20. The molecule has 0 aliphatic carbocycles. The van der Waals surface area contributed by atoms with Crippen LogP contribution in [0.1, 0.15) is 5.56 Å². The van der Waals surface area contributed by atoms with Gasteiger partial charge in [0.1, 0.15) is 0 Å². The summed E-state index contributed by atoms with van der Waals surface area (Å²) in [6.07, 6.45) is 1.31. The van der Waals surface area contributed by atoms with Crippen LogP contribution in [0.15, 0.2) is 40.3 Å². The van der Waals surface area contributed by atoms with Crippen LogP contribution in [0.5, 0.6) is 17.2 Å². The number of rotatable bonds is 7. The molecule has 2 rings (SSSR count). The van der Waals surface area contributed by atoms with Gasteiger partial charge in [0, 0.05) is 5.56 Å². The number of nitrogens with one attached hydrogen (secondary N) is 1. The molecule has 1 N–H and O–H groups in total. The molecule has 7 nitrogen and oxygen atoms in total. The van der Waals surface area contributed by atoms with E-state index in [2.05, 4.69) is 9.93 Å². The van der Waals surface area contributed by atoms with Crippen molar-refractivity contribution in [3.63, 3.8) is 0 Å². The highest BCUT2D eigenvalue weighted by Crippen LogP contribution is 2.37. The second-order valence-corrected chi connectivity index (χ2v) is 7.36. The largest absolute Gasteiger partial charge is 0.493 e. The van der Waals surface area contributed by atoms with Crippen molar-refractivity contribution >= 4 is 39.4 Å². The fraction of sp³-hybridized carbons (Fsp3) is 0.188. The highest BCUT2D eigenvalue weighted by atomic mass is 35.5. The first-order valence-electron chi connectivity index (χ1n) is 7.12. The molecular weight excluding hydrogens is 403 g/mol. The number of sulfonamides is 1. The lowest BCUT2D eigenvalue weighted by Crippen LogP contribution is -2.18. The summed E-state index contributed by atoms with van der Waals surface area (Å²) in [6.45, 7) is 0. The Balaban J connectivity index is 2.25. The molecule has 2 aromatic rings. The Labute approximate surface area is 161 Å². The van der Waals surface area contributed by atoms with Crippen LogP contribution >= 0.6 is 23.2 Å². The third-order valence-electron chi connectivity index (χ3n) is 3.27. The Morgan fingerprint density at radius 1 is 0.962 bits per heavy atom. The van der Waals surface area contributed by atoms with E-state index in [9.17, 15) is 8.42 Å². The maximum atomic E-state index is 12.2. The van der Waals surface area contributed by atoms with Crippen LogP contribution in [0, 0.1) is 0 Å². The van der Waals surface area contributed by atoms with Crippen LogP contribution in [-0.2, 0) is 10.0 Å². The van der Waals surface area contributed by atoms with Crippen molar-refractivity contribution in [3.8, 4) is 17.2 Å². The second-order valence-electron chi connectivity index (χ2n) is 4.89. The van der Waals surface area contributed by atoms with Gasteiger partial charge >= 0.3 is 0 Å². The third kappa shape index (κ3) is 4.51.